The average molecular weight is 380 g/mol. The normalized spacial score (nSPS) is 13.0. The monoisotopic (exact) mass is 379 g/mol. The van der Waals surface area contributed by atoms with Crippen molar-refractivity contribution in [3.63, 3.8) is 0 Å². The van der Waals surface area contributed by atoms with Gasteiger partial charge in [-0.2, -0.15) is 0 Å². The minimum atomic E-state index is -3.78. The van der Waals surface area contributed by atoms with Crippen LogP contribution in [0.1, 0.15) is 12.8 Å². The molecule has 1 unspecified atom stereocenters. The first-order chi connectivity index (χ1) is 9.75. The van der Waals surface area contributed by atoms with Crippen molar-refractivity contribution in [2.24, 2.45) is 10.9 Å². The Labute approximate surface area is 132 Å². The molecule has 0 bridgehead atoms. The highest BCUT2D eigenvalue weighted by molar-refractivity contribution is 9.10. The third-order valence-corrected chi connectivity index (χ3v) is 4.29. The van der Waals surface area contributed by atoms with Gasteiger partial charge in [0.1, 0.15) is 0 Å². The smallest absolute Gasteiger partial charge is 0.241 e. The maximum absolute atomic E-state index is 11.9. The van der Waals surface area contributed by atoms with E-state index in [0.29, 0.717) is 29.6 Å². The zero-order valence-electron chi connectivity index (χ0n) is 11.5. The molecule has 0 aliphatic carbocycles. The molecule has 0 aromatic heterocycles. The summed E-state index contributed by atoms with van der Waals surface area (Å²) in [6, 6.07) is 3.42. The quantitative estimate of drug-likeness (QED) is 0.603. The fourth-order valence-electron chi connectivity index (χ4n) is 1.58. The van der Waals surface area contributed by atoms with Crippen molar-refractivity contribution in [1.29, 1.82) is 0 Å². The summed E-state index contributed by atoms with van der Waals surface area (Å²) in [6.45, 7) is 0.535. The largest absolute Gasteiger partial charge is 0.385 e. The molecule has 0 spiro atoms. The van der Waals surface area contributed by atoms with Gasteiger partial charge in [-0.3, -0.25) is 4.79 Å². The average Bonchev–Trinajstić information content (AvgIpc) is 2.39. The molecule has 0 saturated carbocycles. The number of nitrogens with two attached hydrogens (primary N) is 2. The maximum atomic E-state index is 11.9. The third-order valence-electron chi connectivity index (χ3n) is 2.73. The molecular weight excluding hydrogens is 362 g/mol. The van der Waals surface area contributed by atoms with Crippen molar-refractivity contribution in [3.05, 3.63) is 22.7 Å². The Hall–Kier alpha value is -1.00. The molecule has 0 aliphatic heterocycles. The number of ether oxygens (including phenoxy) is 1. The van der Waals surface area contributed by atoms with Crippen LogP contribution in [0.15, 0.2) is 27.6 Å². The van der Waals surface area contributed by atoms with Gasteiger partial charge >= 0.3 is 0 Å². The molecule has 0 saturated heterocycles. The number of rotatable bonds is 7. The van der Waals surface area contributed by atoms with Gasteiger partial charge in [0.05, 0.1) is 16.6 Å². The Balaban J connectivity index is 2.73. The van der Waals surface area contributed by atoms with Crippen molar-refractivity contribution in [2.45, 2.75) is 23.8 Å². The van der Waals surface area contributed by atoms with E-state index in [2.05, 4.69) is 21.2 Å². The van der Waals surface area contributed by atoms with Crippen molar-refractivity contribution >= 4 is 37.5 Å². The second-order valence-electron chi connectivity index (χ2n) is 4.42. The van der Waals surface area contributed by atoms with Gasteiger partial charge in [-0.25, -0.2) is 13.6 Å². The third kappa shape index (κ3) is 5.71. The number of sulfonamides is 1. The van der Waals surface area contributed by atoms with Gasteiger partial charge in [0.15, 0.2) is 0 Å². The fourth-order valence-corrected chi connectivity index (χ4v) is 2.75. The standard InChI is InChI=1S/C12H18BrN3O4S/c1-20-6-2-3-10(14)12(17)16-11-5-4-8(7-9(11)13)21(15,18)19/h4-5,7,10H,2-3,6,14H2,1H3,(H,16,17)(H2,15,18,19). The molecule has 1 atom stereocenters. The van der Waals surface area contributed by atoms with Crippen LogP contribution in [0.5, 0.6) is 0 Å². The highest BCUT2D eigenvalue weighted by atomic mass is 79.9. The Bertz CT molecular complexity index is 607. The molecule has 1 amide bonds. The van der Waals surface area contributed by atoms with E-state index in [-0.39, 0.29) is 10.8 Å². The topological polar surface area (TPSA) is 125 Å². The van der Waals surface area contributed by atoms with Gasteiger partial charge in [0.2, 0.25) is 15.9 Å². The van der Waals surface area contributed by atoms with Crippen molar-refractivity contribution in [1.82, 2.24) is 0 Å². The lowest BCUT2D eigenvalue weighted by molar-refractivity contribution is -0.117. The predicted octanol–water partition coefficient (Wildman–Crippen LogP) is 0.789. The van der Waals surface area contributed by atoms with Gasteiger partial charge in [-0.15, -0.1) is 0 Å². The number of methoxy groups -OCH3 is 1. The molecule has 1 aromatic rings. The lowest BCUT2D eigenvalue weighted by atomic mass is 10.1. The van der Waals surface area contributed by atoms with E-state index < -0.39 is 16.1 Å². The number of benzene rings is 1. The van der Waals surface area contributed by atoms with Crippen LogP contribution in [-0.4, -0.2) is 34.1 Å². The lowest BCUT2D eigenvalue weighted by Gasteiger charge is -2.13. The summed E-state index contributed by atoms with van der Waals surface area (Å²) in [5.74, 6) is -0.352. The van der Waals surface area contributed by atoms with E-state index in [9.17, 15) is 13.2 Å². The van der Waals surface area contributed by atoms with Crippen LogP contribution in [0, 0.1) is 0 Å². The van der Waals surface area contributed by atoms with Crippen LogP contribution in [-0.2, 0) is 19.6 Å². The molecular formula is C12H18BrN3O4S. The second kappa shape index (κ2) is 7.85. The highest BCUT2D eigenvalue weighted by Gasteiger charge is 2.16. The molecule has 21 heavy (non-hydrogen) atoms. The Morgan fingerprint density at radius 1 is 1.48 bits per heavy atom. The van der Waals surface area contributed by atoms with Gasteiger partial charge in [-0.05, 0) is 47.0 Å². The minimum Gasteiger partial charge on any atom is -0.385 e. The Kier molecular flexibility index (Phi) is 6.75. The summed E-state index contributed by atoms with van der Waals surface area (Å²) in [6.07, 6.45) is 1.17. The molecule has 5 N–H and O–H groups in total. The van der Waals surface area contributed by atoms with E-state index in [1.165, 1.54) is 18.2 Å². The summed E-state index contributed by atoms with van der Waals surface area (Å²) in [7, 11) is -2.20. The number of nitrogens with one attached hydrogen (secondary N) is 1. The van der Waals surface area contributed by atoms with Gasteiger partial charge in [0.25, 0.3) is 0 Å². The summed E-state index contributed by atoms with van der Waals surface area (Å²) in [4.78, 5) is 11.9. The number of primary sulfonamides is 1. The molecule has 1 aromatic carbocycles. The van der Waals surface area contributed by atoms with Gasteiger partial charge in [0, 0.05) is 18.2 Å². The number of carbonyl (C=O) groups excluding carboxylic acids is 1. The van der Waals surface area contributed by atoms with Gasteiger partial charge in [-0.1, -0.05) is 0 Å². The van der Waals surface area contributed by atoms with E-state index in [1.54, 1.807) is 7.11 Å². The zero-order valence-corrected chi connectivity index (χ0v) is 13.9. The number of hydrogen-bond donors (Lipinski definition) is 3. The summed E-state index contributed by atoms with van der Waals surface area (Å²) in [5.41, 5.74) is 6.18. The second-order valence-corrected chi connectivity index (χ2v) is 6.83. The van der Waals surface area contributed by atoms with E-state index in [0.717, 1.165) is 0 Å². The highest BCUT2D eigenvalue weighted by Crippen LogP contribution is 2.25. The first kappa shape index (κ1) is 18.1. The predicted molar refractivity (Wildman–Crippen MR) is 83.2 cm³/mol. The number of anilines is 1. The summed E-state index contributed by atoms with van der Waals surface area (Å²) < 4.78 is 27.7. The van der Waals surface area contributed by atoms with Gasteiger partial charge < -0.3 is 15.8 Å². The van der Waals surface area contributed by atoms with Crippen LogP contribution in [0.2, 0.25) is 0 Å². The van der Waals surface area contributed by atoms with Crippen molar-refractivity contribution in [3.8, 4) is 0 Å². The summed E-state index contributed by atoms with van der Waals surface area (Å²) in [5, 5.41) is 7.65. The SMILES string of the molecule is COCCCC(N)C(=O)Nc1ccc(S(N)(=O)=O)cc1Br. The van der Waals surface area contributed by atoms with Crippen molar-refractivity contribution < 1.29 is 17.9 Å². The molecule has 118 valence electrons. The molecule has 9 heteroatoms. The van der Waals surface area contributed by atoms with Crippen molar-refractivity contribution in [2.75, 3.05) is 19.0 Å². The molecule has 0 aliphatic rings. The van der Waals surface area contributed by atoms with E-state index in [4.69, 9.17) is 15.6 Å². The molecule has 0 heterocycles. The molecule has 0 fully saturated rings. The Morgan fingerprint density at radius 3 is 2.67 bits per heavy atom. The summed E-state index contributed by atoms with van der Waals surface area (Å²) >= 11 is 3.19. The first-order valence-corrected chi connectivity index (χ1v) is 8.47. The number of amides is 1. The zero-order chi connectivity index (χ0) is 16.0. The van der Waals surface area contributed by atoms with E-state index in [1.807, 2.05) is 0 Å². The molecule has 0 radical (unpaired) electrons. The number of carbonyl (C=O) groups is 1. The molecule has 1 rings (SSSR count). The molecule has 7 nitrogen and oxygen atoms in total. The number of halogens is 1. The first-order valence-electron chi connectivity index (χ1n) is 6.13. The van der Waals surface area contributed by atoms with Crippen LogP contribution in [0.25, 0.3) is 0 Å². The van der Waals surface area contributed by atoms with Crippen LogP contribution >= 0.6 is 15.9 Å². The fraction of sp³-hybridized carbons (Fsp3) is 0.417. The van der Waals surface area contributed by atoms with Crippen LogP contribution in [0.3, 0.4) is 0 Å². The maximum Gasteiger partial charge on any atom is 0.241 e. The minimum absolute atomic E-state index is 0.0447. The Morgan fingerprint density at radius 2 is 2.14 bits per heavy atom. The van der Waals surface area contributed by atoms with E-state index >= 15 is 0 Å². The van der Waals surface area contributed by atoms with Crippen LogP contribution in [0.4, 0.5) is 5.69 Å². The van der Waals surface area contributed by atoms with Crippen LogP contribution < -0.4 is 16.2 Å². The lowest BCUT2D eigenvalue weighted by Crippen LogP contribution is -2.35. The number of hydrogen-bond acceptors (Lipinski definition) is 5.